The molecule has 0 spiro atoms. The van der Waals surface area contributed by atoms with Crippen molar-refractivity contribution >= 4 is 0 Å². The number of fused-ring (bicyclic) bond motifs is 1. The molecular formula is C24H37FN2O4. The van der Waals surface area contributed by atoms with E-state index in [9.17, 15) is 9.50 Å². The molecule has 174 valence electrons. The highest BCUT2D eigenvalue weighted by atomic mass is 19.1. The minimum atomic E-state index is -0.693. The highest BCUT2D eigenvalue weighted by Crippen LogP contribution is 2.39. The summed E-state index contributed by atoms with van der Waals surface area (Å²) < 4.78 is 25.0. The summed E-state index contributed by atoms with van der Waals surface area (Å²) in [6.45, 7) is 5.58. The number of hydrogen-bond donors (Lipinski definition) is 2. The summed E-state index contributed by atoms with van der Waals surface area (Å²) >= 11 is 0. The third kappa shape index (κ3) is 5.51. The maximum absolute atomic E-state index is 13.6. The largest absolute Gasteiger partial charge is 0.493 e. The Morgan fingerprint density at radius 2 is 2.03 bits per heavy atom. The fourth-order valence-electron chi connectivity index (χ4n) is 5.42. The molecule has 1 aliphatic carbocycles. The minimum Gasteiger partial charge on any atom is -0.493 e. The molecule has 2 aliphatic heterocycles. The van der Waals surface area contributed by atoms with Crippen molar-refractivity contribution < 1.29 is 23.8 Å². The average Bonchev–Trinajstić information content (AvgIpc) is 3.20. The lowest BCUT2D eigenvalue weighted by Gasteiger charge is -2.37. The predicted molar refractivity (Wildman–Crippen MR) is 117 cm³/mol. The lowest BCUT2D eigenvalue weighted by molar-refractivity contribution is -0.0136. The Labute approximate surface area is 185 Å². The number of likely N-dealkylation sites (tertiary alicyclic amines) is 1. The van der Waals surface area contributed by atoms with Crippen LogP contribution < -0.4 is 15.0 Å². The van der Waals surface area contributed by atoms with Gasteiger partial charge in [0.25, 0.3) is 0 Å². The van der Waals surface area contributed by atoms with Gasteiger partial charge in [-0.25, -0.2) is 4.39 Å². The molecule has 31 heavy (non-hydrogen) atoms. The van der Waals surface area contributed by atoms with Gasteiger partial charge in [0.1, 0.15) is 6.17 Å². The first-order valence-corrected chi connectivity index (χ1v) is 11.8. The van der Waals surface area contributed by atoms with Gasteiger partial charge in [-0.1, -0.05) is 6.07 Å². The van der Waals surface area contributed by atoms with E-state index < -0.39 is 12.3 Å². The molecule has 2 N–H and O–H groups in total. The Hall–Kier alpha value is -1.41. The third-order valence-electron chi connectivity index (χ3n) is 7.28. The molecule has 2 heterocycles. The average molecular weight is 437 g/mol. The molecule has 0 amide bonds. The van der Waals surface area contributed by atoms with Gasteiger partial charge in [0.15, 0.2) is 11.5 Å². The molecule has 2 saturated heterocycles. The van der Waals surface area contributed by atoms with Gasteiger partial charge >= 0.3 is 0 Å². The standard InChI is InChI=1S/C24H37FN2O4/c1-16(28)18-4-7-21(23(14-18)29-2)30-13-3-10-27-11-8-17(9-12-27)24-20-6-5-19(25)15-22(20)31-26-24/h4,7,14,16-17,19-20,22,24,26,28H,3,5-6,8-13,15H2,1-2H3. The van der Waals surface area contributed by atoms with Crippen LogP contribution in [-0.4, -0.2) is 61.7 Å². The first-order valence-electron chi connectivity index (χ1n) is 11.8. The summed E-state index contributed by atoms with van der Waals surface area (Å²) in [4.78, 5) is 8.25. The van der Waals surface area contributed by atoms with Gasteiger partial charge < -0.3 is 19.5 Å². The maximum Gasteiger partial charge on any atom is 0.161 e. The van der Waals surface area contributed by atoms with Crippen molar-refractivity contribution in [3.8, 4) is 11.5 Å². The summed E-state index contributed by atoms with van der Waals surface area (Å²) in [5.41, 5.74) is 4.08. The lowest BCUT2D eigenvalue weighted by atomic mass is 9.75. The fourth-order valence-corrected chi connectivity index (χ4v) is 5.42. The molecule has 1 aromatic carbocycles. The summed E-state index contributed by atoms with van der Waals surface area (Å²) in [7, 11) is 1.62. The number of aliphatic hydroxyl groups is 1. The van der Waals surface area contributed by atoms with Gasteiger partial charge in [0, 0.05) is 24.9 Å². The van der Waals surface area contributed by atoms with Crippen molar-refractivity contribution in [3.63, 3.8) is 0 Å². The number of nitrogens with zero attached hydrogens (tertiary/aromatic N) is 1. The van der Waals surface area contributed by atoms with Crippen LogP contribution >= 0.6 is 0 Å². The number of piperidine rings is 1. The smallest absolute Gasteiger partial charge is 0.161 e. The van der Waals surface area contributed by atoms with E-state index >= 15 is 0 Å². The summed E-state index contributed by atoms with van der Waals surface area (Å²) in [5.74, 6) is 2.48. The van der Waals surface area contributed by atoms with Crippen molar-refractivity contribution in [1.82, 2.24) is 10.4 Å². The molecule has 0 bridgehead atoms. The van der Waals surface area contributed by atoms with Crippen molar-refractivity contribution in [3.05, 3.63) is 23.8 Å². The van der Waals surface area contributed by atoms with E-state index in [0.29, 0.717) is 43.1 Å². The zero-order valence-corrected chi connectivity index (χ0v) is 18.8. The van der Waals surface area contributed by atoms with Gasteiger partial charge in [0.05, 0.1) is 25.9 Å². The van der Waals surface area contributed by atoms with Gasteiger partial charge in [0.2, 0.25) is 0 Å². The molecule has 0 radical (unpaired) electrons. The lowest BCUT2D eigenvalue weighted by Crippen LogP contribution is -2.44. The molecular weight excluding hydrogens is 399 g/mol. The number of methoxy groups -OCH3 is 1. The van der Waals surface area contributed by atoms with E-state index in [0.717, 1.165) is 43.8 Å². The molecule has 5 unspecified atom stereocenters. The van der Waals surface area contributed by atoms with Crippen LogP contribution in [0, 0.1) is 11.8 Å². The number of alkyl halides is 1. The summed E-state index contributed by atoms with van der Waals surface area (Å²) in [6, 6.07) is 5.96. The number of aliphatic hydroxyl groups excluding tert-OH is 1. The molecule has 6 nitrogen and oxygen atoms in total. The quantitative estimate of drug-likeness (QED) is 0.607. The molecule has 1 saturated carbocycles. The first kappa shape index (κ1) is 22.8. The highest BCUT2D eigenvalue weighted by Gasteiger charge is 2.45. The monoisotopic (exact) mass is 436 g/mol. The Bertz CT molecular complexity index is 711. The molecule has 3 aliphatic rings. The van der Waals surface area contributed by atoms with Crippen molar-refractivity contribution in [2.45, 2.75) is 69.9 Å². The van der Waals surface area contributed by atoms with Crippen LogP contribution in [0.25, 0.3) is 0 Å². The second-order valence-electron chi connectivity index (χ2n) is 9.34. The maximum atomic E-state index is 13.6. The number of halogens is 1. The van der Waals surface area contributed by atoms with Gasteiger partial charge in [-0.2, -0.15) is 5.48 Å². The Kier molecular flexibility index (Phi) is 7.69. The Balaban J connectivity index is 1.17. The zero-order chi connectivity index (χ0) is 21.8. The number of ether oxygens (including phenoxy) is 2. The summed E-state index contributed by atoms with van der Waals surface area (Å²) in [6.07, 6.45) is 4.33. The minimum absolute atomic E-state index is 0.0653. The first-order chi connectivity index (χ1) is 15.0. The number of hydroxylamine groups is 1. The van der Waals surface area contributed by atoms with Gasteiger partial charge in [-0.05, 0) is 75.7 Å². The van der Waals surface area contributed by atoms with Crippen LogP contribution in [0.4, 0.5) is 4.39 Å². The van der Waals surface area contributed by atoms with Crippen LogP contribution in [0.1, 0.15) is 57.1 Å². The predicted octanol–water partition coefficient (Wildman–Crippen LogP) is 3.64. The molecule has 0 aromatic heterocycles. The SMILES string of the molecule is COc1cc(C(C)O)ccc1OCCCN1CCC(C2NOC3CC(F)CCC32)CC1. The number of nitrogens with one attached hydrogen (secondary N) is 1. The normalized spacial score (nSPS) is 30.7. The van der Waals surface area contributed by atoms with Crippen LogP contribution in [-0.2, 0) is 4.84 Å². The van der Waals surface area contributed by atoms with Gasteiger partial charge in [-0.15, -0.1) is 0 Å². The zero-order valence-electron chi connectivity index (χ0n) is 18.8. The topological polar surface area (TPSA) is 63.2 Å². The van der Waals surface area contributed by atoms with Crippen molar-refractivity contribution in [2.75, 3.05) is 33.4 Å². The van der Waals surface area contributed by atoms with E-state index in [1.807, 2.05) is 18.2 Å². The van der Waals surface area contributed by atoms with Crippen molar-refractivity contribution in [2.24, 2.45) is 11.8 Å². The van der Waals surface area contributed by atoms with E-state index in [1.165, 1.54) is 12.8 Å². The third-order valence-corrected chi connectivity index (χ3v) is 7.28. The van der Waals surface area contributed by atoms with E-state index in [-0.39, 0.29) is 6.10 Å². The van der Waals surface area contributed by atoms with E-state index in [1.54, 1.807) is 14.0 Å². The highest BCUT2D eigenvalue weighted by molar-refractivity contribution is 5.43. The molecule has 1 aromatic rings. The van der Waals surface area contributed by atoms with Crippen LogP contribution in [0.2, 0.25) is 0 Å². The Morgan fingerprint density at radius 1 is 1.23 bits per heavy atom. The Morgan fingerprint density at radius 3 is 2.77 bits per heavy atom. The number of hydrogen-bond acceptors (Lipinski definition) is 6. The van der Waals surface area contributed by atoms with E-state index in [2.05, 4.69) is 10.4 Å². The van der Waals surface area contributed by atoms with Crippen LogP contribution in [0.15, 0.2) is 18.2 Å². The molecule has 7 heteroatoms. The second kappa shape index (κ2) is 10.5. The molecule has 3 fully saturated rings. The fraction of sp³-hybridized carbons (Fsp3) is 0.750. The molecule has 5 atom stereocenters. The van der Waals surface area contributed by atoms with Crippen molar-refractivity contribution in [1.29, 1.82) is 0 Å². The molecule has 4 rings (SSSR count). The van der Waals surface area contributed by atoms with Crippen LogP contribution in [0.5, 0.6) is 11.5 Å². The number of rotatable bonds is 8. The van der Waals surface area contributed by atoms with E-state index in [4.69, 9.17) is 14.3 Å². The van der Waals surface area contributed by atoms with Crippen LogP contribution in [0.3, 0.4) is 0 Å². The van der Waals surface area contributed by atoms with Gasteiger partial charge in [-0.3, -0.25) is 4.84 Å². The second-order valence-corrected chi connectivity index (χ2v) is 9.34. The summed E-state index contributed by atoms with van der Waals surface area (Å²) in [5, 5.41) is 9.72. The number of benzene rings is 1.